The highest BCUT2D eigenvalue weighted by Gasteiger charge is 2.63. The number of aliphatic carboxylic acids is 1. The Kier molecular flexibility index (Phi) is 3.29. The van der Waals surface area contributed by atoms with Gasteiger partial charge >= 0.3 is 5.97 Å². The van der Waals surface area contributed by atoms with Gasteiger partial charge < -0.3 is 9.90 Å². The number of nitrogens with zero attached hydrogens (tertiary/aromatic N) is 2. The second-order valence-electron chi connectivity index (χ2n) is 7.97. The minimum Gasteiger partial charge on any atom is -0.480 e. The van der Waals surface area contributed by atoms with Gasteiger partial charge in [0.25, 0.3) is 0 Å². The van der Waals surface area contributed by atoms with Gasteiger partial charge in [-0.25, -0.2) is 9.97 Å². The predicted octanol–water partition coefficient (Wildman–Crippen LogP) is 2.51. The first kappa shape index (κ1) is 14.8. The fourth-order valence-corrected chi connectivity index (χ4v) is 6.07. The van der Waals surface area contributed by atoms with Crippen LogP contribution in [0.3, 0.4) is 0 Å². The third-order valence-electron chi connectivity index (χ3n) is 6.67. The Morgan fingerprint density at radius 3 is 2.30 bits per heavy atom. The second-order valence-corrected chi connectivity index (χ2v) is 7.97. The monoisotopic (exact) mass is 314 g/mol. The summed E-state index contributed by atoms with van der Waals surface area (Å²) in [5.41, 5.74) is -1.09. The summed E-state index contributed by atoms with van der Waals surface area (Å²) >= 11 is 0. The Hall–Kier alpha value is -1.78. The Bertz CT molecular complexity index is 595. The van der Waals surface area contributed by atoms with Crippen LogP contribution in [0.1, 0.15) is 44.2 Å². The van der Waals surface area contributed by atoms with E-state index < -0.39 is 11.4 Å². The Morgan fingerprint density at radius 1 is 1.26 bits per heavy atom. The van der Waals surface area contributed by atoms with Gasteiger partial charge in [-0.1, -0.05) is 0 Å². The van der Waals surface area contributed by atoms with Gasteiger partial charge in [0.2, 0.25) is 0 Å². The van der Waals surface area contributed by atoms with Crippen molar-refractivity contribution in [2.75, 3.05) is 0 Å². The highest BCUT2D eigenvalue weighted by atomic mass is 16.4. The molecule has 0 spiro atoms. The number of carboxylic acid groups (broad SMARTS) is 1. The summed E-state index contributed by atoms with van der Waals surface area (Å²) in [6.07, 6.45) is 10.3. The lowest BCUT2D eigenvalue weighted by atomic mass is 9.42. The summed E-state index contributed by atoms with van der Waals surface area (Å²) in [4.78, 5) is 32.5. The number of carbonyl (C=O) groups excluding carboxylic acids is 1. The predicted molar refractivity (Wildman–Crippen MR) is 82.5 cm³/mol. The van der Waals surface area contributed by atoms with E-state index in [1.807, 2.05) is 0 Å². The second kappa shape index (κ2) is 5.11. The molecule has 1 aromatic heterocycles. The average molecular weight is 314 g/mol. The van der Waals surface area contributed by atoms with E-state index in [0.717, 1.165) is 25.5 Å². The summed E-state index contributed by atoms with van der Waals surface area (Å²) < 4.78 is 0. The number of aromatic nitrogens is 2. The van der Waals surface area contributed by atoms with Crippen molar-refractivity contribution in [2.24, 2.45) is 28.6 Å². The minimum atomic E-state index is -1.35. The topological polar surface area (TPSA) is 80.2 Å². The molecule has 1 aromatic rings. The van der Waals surface area contributed by atoms with Crippen molar-refractivity contribution in [1.29, 1.82) is 0 Å². The molecule has 23 heavy (non-hydrogen) atoms. The summed E-state index contributed by atoms with van der Waals surface area (Å²) in [6.45, 7) is 0. The number of hydrogen-bond donors (Lipinski definition) is 1. The Morgan fingerprint density at radius 2 is 1.87 bits per heavy atom. The summed E-state index contributed by atoms with van der Waals surface area (Å²) in [5.74, 6) is 0.828. The van der Waals surface area contributed by atoms with Crippen molar-refractivity contribution in [1.82, 2.24) is 9.97 Å². The fraction of sp³-hybridized carbons (Fsp3) is 0.667. The number of carbonyl (C=O) groups is 2. The molecule has 4 aliphatic rings. The molecular formula is C18H22N2O3. The molecule has 1 atom stereocenters. The lowest BCUT2D eigenvalue weighted by Gasteiger charge is -2.61. The van der Waals surface area contributed by atoms with Crippen LogP contribution in [0.5, 0.6) is 0 Å². The third-order valence-corrected chi connectivity index (χ3v) is 6.67. The summed E-state index contributed by atoms with van der Waals surface area (Å²) in [7, 11) is 0. The first-order valence-electron chi connectivity index (χ1n) is 8.51. The van der Waals surface area contributed by atoms with Crippen molar-refractivity contribution in [2.45, 2.75) is 44.9 Å². The van der Waals surface area contributed by atoms with Crippen LogP contribution in [-0.4, -0.2) is 27.3 Å². The molecule has 5 nitrogen and oxygen atoms in total. The highest BCUT2D eigenvalue weighted by molar-refractivity contribution is 5.93. The van der Waals surface area contributed by atoms with Gasteiger partial charge in [0.15, 0.2) is 0 Å². The molecule has 0 radical (unpaired) electrons. The van der Waals surface area contributed by atoms with E-state index in [9.17, 15) is 14.7 Å². The molecule has 5 rings (SSSR count). The molecule has 1 unspecified atom stereocenters. The van der Waals surface area contributed by atoms with Gasteiger partial charge in [-0.05, 0) is 67.8 Å². The standard InChI is InChI=1S/C18H22N2O3/c21-10-18(16(22)23,9-15-1-2-19-11-20-15)17-6-12-3-13(7-17)5-14(4-12)8-17/h1-2,10-14H,3-9H2,(H,22,23). The molecular weight excluding hydrogens is 292 g/mol. The third kappa shape index (κ3) is 2.12. The zero-order valence-corrected chi connectivity index (χ0v) is 13.1. The largest absolute Gasteiger partial charge is 0.480 e. The van der Waals surface area contributed by atoms with Crippen molar-refractivity contribution < 1.29 is 14.7 Å². The van der Waals surface area contributed by atoms with E-state index >= 15 is 0 Å². The molecule has 4 fully saturated rings. The number of hydrogen-bond acceptors (Lipinski definition) is 4. The van der Waals surface area contributed by atoms with Gasteiger partial charge in [0, 0.05) is 18.3 Å². The number of carboxylic acids is 1. The van der Waals surface area contributed by atoms with Crippen molar-refractivity contribution in [3.05, 3.63) is 24.3 Å². The molecule has 0 amide bonds. The molecule has 0 aliphatic heterocycles. The van der Waals surface area contributed by atoms with Crippen molar-refractivity contribution in [3.63, 3.8) is 0 Å². The lowest BCUT2D eigenvalue weighted by molar-refractivity contribution is -0.178. The summed E-state index contributed by atoms with van der Waals surface area (Å²) in [5, 5.41) is 10.1. The molecule has 1 heterocycles. The zero-order valence-electron chi connectivity index (χ0n) is 13.1. The molecule has 4 aliphatic carbocycles. The van der Waals surface area contributed by atoms with Gasteiger partial charge in [0.1, 0.15) is 18.0 Å². The van der Waals surface area contributed by atoms with E-state index in [-0.39, 0.29) is 11.8 Å². The molecule has 122 valence electrons. The zero-order chi connectivity index (χ0) is 16.1. The van der Waals surface area contributed by atoms with Gasteiger partial charge in [-0.3, -0.25) is 4.79 Å². The van der Waals surface area contributed by atoms with Crippen molar-refractivity contribution in [3.8, 4) is 0 Å². The highest BCUT2D eigenvalue weighted by Crippen LogP contribution is 2.66. The Balaban J connectivity index is 1.76. The SMILES string of the molecule is O=CC(Cc1ccncn1)(C(=O)O)C12CC3CC(CC(C3)C1)C2. The van der Waals surface area contributed by atoms with Crippen LogP contribution in [0.25, 0.3) is 0 Å². The minimum absolute atomic E-state index is 0.181. The quantitative estimate of drug-likeness (QED) is 0.667. The normalized spacial score (nSPS) is 37.3. The van der Waals surface area contributed by atoms with Crippen LogP contribution in [0.15, 0.2) is 18.6 Å². The fourth-order valence-electron chi connectivity index (χ4n) is 6.07. The smallest absolute Gasteiger partial charge is 0.317 e. The molecule has 5 heteroatoms. The van der Waals surface area contributed by atoms with Crippen LogP contribution in [0.2, 0.25) is 0 Å². The molecule has 4 saturated carbocycles. The van der Waals surface area contributed by atoms with E-state index in [0.29, 0.717) is 23.4 Å². The average Bonchev–Trinajstić information content (AvgIpc) is 2.51. The van der Waals surface area contributed by atoms with Crippen LogP contribution in [0, 0.1) is 28.6 Å². The molecule has 1 N–H and O–H groups in total. The number of rotatable bonds is 5. The maximum atomic E-state index is 12.3. The van der Waals surface area contributed by atoms with E-state index in [1.165, 1.54) is 25.6 Å². The van der Waals surface area contributed by atoms with Crippen LogP contribution >= 0.6 is 0 Å². The Labute approximate surface area is 135 Å². The first-order valence-corrected chi connectivity index (χ1v) is 8.51. The molecule has 4 bridgehead atoms. The van der Waals surface area contributed by atoms with Gasteiger partial charge in [-0.2, -0.15) is 0 Å². The van der Waals surface area contributed by atoms with E-state index in [4.69, 9.17) is 0 Å². The maximum Gasteiger partial charge on any atom is 0.317 e. The molecule has 0 saturated heterocycles. The van der Waals surface area contributed by atoms with Gasteiger partial charge in [-0.15, -0.1) is 0 Å². The van der Waals surface area contributed by atoms with Gasteiger partial charge in [0.05, 0.1) is 0 Å². The first-order chi connectivity index (χ1) is 11.1. The maximum absolute atomic E-state index is 12.3. The van der Waals surface area contributed by atoms with E-state index in [1.54, 1.807) is 12.3 Å². The lowest BCUT2D eigenvalue weighted by Crippen LogP contribution is -2.59. The number of aldehydes is 1. The van der Waals surface area contributed by atoms with Crippen molar-refractivity contribution >= 4 is 12.3 Å². The van der Waals surface area contributed by atoms with Crippen LogP contribution < -0.4 is 0 Å². The van der Waals surface area contributed by atoms with E-state index in [2.05, 4.69) is 9.97 Å². The van der Waals surface area contributed by atoms with Crippen LogP contribution in [-0.2, 0) is 16.0 Å². The van der Waals surface area contributed by atoms with Crippen LogP contribution in [0.4, 0.5) is 0 Å². The molecule has 0 aromatic carbocycles. The summed E-state index contributed by atoms with van der Waals surface area (Å²) in [6, 6.07) is 1.72.